The molecule has 1 aromatic carbocycles. The Hall–Kier alpha value is -1.39. The molecule has 1 aromatic heterocycles. The number of hydrogen-bond acceptors (Lipinski definition) is 4. The molecule has 1 aliphatic carbocycles. The Morgan fingerprint density at radius 2 is 2.39 bits per heavy atom. The summed E-state index contributed by atoms with van der Waals surface area (Å²) in [7, 11) is 0. The number of benzene rings is 1. The summed E-state index contributed by atoms with van der Waals surface area (Å²) in [5.41, 5.74) is 11.5. The van der Waals surface area contributed by atoms with Gasteiger partial charge < -0.3 is 10.5 Å². The van der Waals surface area contributed by atoms with E-state index in [-0.39, 0.29) is 6.04 Å². The van der Waals surface area contributed by atoms with Crippen molar-refractivity contribution in [2.45, 2.75) is 31.9 Å². The molecule has 0 aliphatic heterocycles. The van der Waals surface area contributed by atoms with Crippen LogP contribution in [0.15, 0.2) is 29.1 Å². The van der Waals surface area contributed by atoms with Crippen LogP contribution >= 0.6 is 11.3 Å². The second-order valence-corrected chi connectivity index (χ2v) is 5.35. The van der Waals surface area contributed by atoms with Gasteiger partial charge in [0.25, 0.3) is 0 Å². The van der Waals surface area contributed by atoms with E-state index in [0.29, 0.717) is 6.61 Å². The molecule has 3 nitrogen and oxygen atoms in total. The lowest BCUT2D eigenvalue weighted by Gasteiger charge is -2.22. The summed E-state index contributed by atoms with van der Waals surface area (Å²) in [6, 6.07) is 6.44. The summed E-state index contributed by atoms with van der Waals surface area (Å²) < 4.78 is 5.76. The monoisotopic (exact) mass is 260 g/mol. The van der Waals surface area contributed by atoms with Gasteiger partial charge in [0.05, 0.1) is 11.2 Å². The number of nitrogens with zero attached hydrogens (tertiary/aromatic N) is 1. The summed E-state index contributed by atoms with van der Waals surface area (Å²) >= 11 is 1.59. The molecular formula is C14H16N2OS. The predicted octanol–water partition coefficient (Wildman–Crippen LogP) is 3.06. The van der Waals surface area contributed by atoms with Crippen molar-refractivity contribution >= 4 is 11.3 Å². The van der Waals surface area contributed by atoms with Crippen LogP contribution in [0, 0.1) is 0 Å². The Balaban J connectivity index is 1.74. The van der Waals surface area contributed by atoms with Gasteiger partial charge in [0.15, 0.2) is 0 Å². The van der Waals surface area contributed by atoms with Gasteiger partial charge in [-0.15, -0.1) is 11.3 Å². The lowest BCUT2D eigenvalue weighted by molar-refractivity contribution is 0.301. The highest BCUT2D eigenvalue weighted by atomic mass is 32.1. The largest absolute Gasteiger partial charge is 0.487 e. The predicted molar refractivity (Wildman–Crippen MR) is 72.8 cm³/mol. The molecule has 0 saturated heterocycles. The molecule has 18 heavy (non-hydrogen) atoms. The highest BCUT2D eigenvalue weighted by molar-refractivity contribution is 7.07. The quantitative estimate of drug-likeness (QED) is 0.922. The molecule has 0 amide bonds. The van der Waals surface area contributed by atoms with E-state index in [0.717, 1.165) is 24.3 Å². The first-order valence-corrected chi connectivity index (χ1v) is 7.15. The van der Waals surface area contributed by atoms with Gasteiger partial charge in [0, 0.05) is 11.4 Å². The second-order valence-electron chi connectivity index (χ2n) is 4.63. The van der Waals surface area contributed by atoms with Crippen LogP contribution in [0.3, 0.4) is 0 Å². The van der Waals surface area contributed by atoms with Gasteiger partial charge >= 0.3 is 0 Å². The molecule has 94 valence electrons. The van der Waals surface area contributed by atoms with Crippen LogP contribution in [0.2, 0.25) is 0 Å². The van der Waals surface area contributed by atoms with Crippen molar-refractivity contribution in [3.05, 3.63) is 45.9 Å². The summed E-state index contributed by atoms with van der Waals surface area (Å²) in [6.07, 6.45) is 3.37. The fourth-order valence-electron chi connectivity index (χ4n) is 2.38. The third-order valence-corrected chi connectivity index (χ3v) is 3.98. The molecule has 1 atom stereocenters. The van der Waals surface area contributed by atoms with Gasteiger partial charge in [-0.1, -0.05) is 6.07 Å². The van der Waals surface area contributed by atoms with Gasteiger partial charge in [-0.2, -0.15) is 0 Å². The lowest BCUT2D eigenvalue weighted by atomic mass is 9.88. The molecule has 4 heteroatoms. The zero-order valence-electron chi connectivity index (χ0n) is 10.1. The Kier molecular flexibility index (Phi) is 3.30. The van der Waals surface area contributed by atoms with Crippen LogP contribution in [-0.4, -0.2) is 4.98 Å². The number of aromatic nitrogens is 1. The first kappa shape index (κ1) is 11.7. The maximum atomic E-state index is 6.10. The van der Waals surface area contributed by atoms with E-state index >= 15 is 0 Å². The van der Waals surface area contributed by atoms with E-state index in [4.69, 9.17) is 10.5 Å². The van der Waals surface area contributed by atoms with E-state index in [1.165, 1.54) is 17.5 Å². The van der Waals surface area contributed by atoms with Gasteiger partial charge in [-0.3, -0.25) is 0 Å². The normalized spacial score (nSPS) is 18.4. The fourth-order valence-corrected chi connectivity index (χ4v) is 2.93. The van der Waals surface area contributed by atoms with Crippen molar-refractivity contribution in [2.24, 2.45) is 5.73 Å². The first-order valence-electron chi connectivity index (χ1n) is 6.21. The maximum absolute atomic E-state index is 6.10. The van der Waals surface area contributed by atoms with E-state index in [1.807, 2.05) is 17.0 Å². The van der Waals surface area contributed by atoms with Gasteiger partial charge in [-0.25, -0.2) is 4.98 Å². The van der Waals surface area contributed by atoms with E-state index in [9.17, 15) is 0 Å². The number of hydrogen-bond donors (Lipinski definition) is 1. The zero-order chi connectivity index (χ0) is 12.4. The number of aryl methyl sites for hydroxylation is 1. The highest BCUT2D eigenvalue weighted by Crippen LogP contribution is 2.30. The molecule has 0 fully saturated rings. The fraction of sp³-hybridized carbons (Fsp3) is 0.357. The van der Waals surface area contributed by atoms with Crippen molar-refractivity contribution < 1.29 is 4.74 Å². The SMILES string of the molecule is NC1CCCc2cc(OCc3cscn3)ccc21. The lowest BCUT2D eigenvalue weighted by Crippen LogP contribution is -2.17. The first-order chi connectivity index (χ1) is 8.83. The smallest absolute Gasteiger partial charge is 0.131 e. The van der Waals surface area contributed by atoms with Gasteiger partial charge in [0.2, 0.25) is 0 Å². The summed E-state index contributed by atoms with van der Waals surface area (Å²) in [6.45, 7) is 0.536. The Labute approximate surface area is 111 Å². The van der Waals surface area contributed by atoms with Gasteiger partial charge in [-0.05, 0) is 42.5 Å². The molecule has 2 N–H and O–H groups in total. The molecule has 0 radical (unpaired) electrons. The number of nitrogens with two attached hydrogens (primary N) is 1. The van der Waals surface area contributed by atoms with Crippen LogP contribution in [0.4, 0.5) is 0 Å². The number of fused-ring (bicyclic) bond motifs is 1. The standard InChI is InChI=1S/C14H16N2OS/c15-14-3-1-2-10-6-12(4-5-13(10)14)17-7-11-8-18-9-16-11/h4-6,8-9,14H,1-3,7,15H2. The third kappa shape index (κ3) is 2.40. The number of thiazole rings is 1. The van der Waals surface area contributed by atoms with Crippen molar-refractivity contribution in [2.75, 3.05) is 0 Å². The Morgan fingerprint density at radius 1 is 1.44 bits per heavy atom. The number of ether oxygens (including phenoxy) is 1. The average molecular weight is 260 g/mol. The van der Waals surface area contributed by atoms with Crippen LogP contribution < -0.4 is 10.5 Å². The van der Waals surface area contributed by atoms with Crippen molar-refractivity contribution in [1.29, 1.82) is 0 Å². The zero-order valence-corrected chi connectivity index (χ0v) is 11.0. The van der Waals surface area contributed by atoms with E-state index in [1.54, 1.807) is 11.3 Å². The molecule has 2 aromatic rings. The summed E-state index contributed by atoms with van der Waals surface area (Å²) in [4.78, 5) is 4.20. The van der Waals surface area contributed by atoms with Crippen molar-refractivity contribution in [1.82, 2.24) is 4.98 Å². The highest BCUT2D eigenvalue weighted by Gasteiger charge is 2.16. The van der Waals surface area contributed by atoms with Crippen LogP contribution in [0.25, 0.3) is 0 Å². The number of rotatable bonds is 3. The molecule has 3 rings (SSSR count). The van der Waals surface area contributed by atoms with Crippen LogP contribution in [0.1, 0.15) is 35.7 Å². The molecule has 1 unspecified atom stereocenters. The minimum Gasteiger partial charge on any atom is -0.487 e. The van der Waals surface area contributed by atoms with Crippen molar-refractivity contribution in [3.63, 3.8) is 0 Å². The average Bonchev–Trinajstić information content (AvgIpc) is 2.90. The van der Waals surface area contributed by atoms with Gasteiger partial charge in [0.1, 0.15) is 12.4 Å². The second kappa shape index (κ2) is 5.08. The van der Waals surface area contributed by atoms with Crippen LogP contribution in [-0.2, 0) is 13.0 Å². The Morgan fingerprint density at radius 3 is 3.22 bits per heavy atom. The molecular weight excluding hydrogens is 244 g/mol. The molecule has 1 heterocycles. The third-order valence-electron chi connectivity index (χ3n) is 3.35. The minimum absolute atomic E-state index is 0.196. The maximum Gasteiger partial charge on any atom is 0.131 e. The molecule has 0 saturated carbocycles. The Bertz CT molecular complexity index is 525. The molecule has 0 spiro atoms. The molecule has 1 aliphatic rings. The minimum atomic E-state index is 0.196. The molecule has 0 bridgehead atoms. The summed E-state index contributed by atoms with van der Waals surface area (Å²) in [5.74, 6) is 0.913. The summed E-state index contributed by atoms with van der Waals surface area (Å²) in [5, 5.41) is 2.01. The van der Waals surface area contributed by atoms with E-state index in [2.05, 4.69) is 17.1 Å². The topological polar surface area (TPSA) is 48.1 Å². The van der Waals surface area contributed by atoms with Crippen molar-refractivity contribution in [3.8, 4) is 5.75 Å². The van der Waals surface area contributed by atoms with Crippen LogP contribution in [0.5, 0.6) is 5.75 Å². The van der Waals surface area contributed by atoms with E-state index < -0.39 is 0 Å².